The van der Waals surface area contributed by atoms with Crippen molar-refractivity contribution in [2.24, 2.45) is 10.7 Å². The monoisotopic (exact) mass is 247 g/mol. The van der Waals surface area contributed by atoms with Crippen LogP contribution in [0.2, 0.25) is 0 Å². The molecule has 2 aliphatic rings. The van der Waals surface area contributed by atoms with Gasteiger partial charge in [-0.25, -0.2) is 4.39 Å². The van der Waals surface area contributed by atoms with Gasteiger partial charge >= 0.3 is 0 Å². The molecule has 0 spiro atoms. The zero-order chi connectivity index (χ0) is 12.8. The maximum Gasteiger partial charge on any atom is 0.192 e. The summed E-state index contributed by atoms with van der Waals surface area (Å²) in [7, 11) is 0. The van der Waals surface area contributed by atoms with Crippen LogP contribution < -0.4 is 5.73 Å². The Morgan fingerprint density at radius 1 is 1.44 bits per heavy atom. The standard InChI is InChI=1S/C14H18FN3/c1-14(8-10-4-2-3-5-12(10)15)9-17-13(16)18(14)11-6-7-11/h2-5,11H,6-9H2,1H3,(H2,16,17). The number of rotatable bonds is 3. The van der Waals surface area contributed by atoms with Crippen LogP contribution in [0.4, 0.5) is 4.39 Å². The lowest BCUT2D eigenvalue weighted by Crippen LogP contribution is -2.52. The maximum atomic E-state index is 13.8. The molecule has 2 N–H and O–H groups in total. The second-order valence-corrected chi connectivity index (χ2v) is 5.54. The summed E-state index contributed by atoms with van der Waals surface area (Å²) in [5.74, 6) is 0.483. The third-order valence-corrected chi connectivity index (χ3v) is 3.85. The Labute approximate surface area is 106 Å². The number of hydrogen-bond acceptors (Lipinski definition) is 3. The van der Waals surface area contributed by atoms with Crippen molar-refractivity contribution in [3.05, 3.63) is 35.6 Å². The molecule has 4 heteroatoms. The first-order chi connectivity index (χ1) is 8.60. The van der Waals surface area contributed by atoms with Crippen molar-refractivity contribution in [3.63, 3.8) is 0 Å². The Bertz CT molecular complexity index is 496. The van der Waals surface area contributed by atoms with Crippen LogP contribution in [0.3, 0.4) is 0 Å². The molecular formula is C14H18FN3. The average molecular weight is 247 g/mol. The zero-order valence-electron chi connectivity index (χ0n) is 10.6. The Morgan fingerprint density at radius 2 is 2.17 bits per heavy atom. The molecule has 18 heavy (non-hydrogen) atoms. The third kappa shape index (κ3) is 1.85. The summed E-state index contributed by atoms with van der Waals surface area (Å²) in [4.78, 5) is 6.55. The van der Waals surface area contributed by atoms with Gasteiger partial charge in [-0.2, -0.15) is 0 Å². The van der Waals surface area contributed by atoms with Gasteiger partial charge in [-0.3, -0.25) is 4.99 Å². The van der Waals surface area contributed by atoms with Crippen molar-refractivity contribution in [3.8, 4) is 0 Å². The molecule has 1 aromatic carbocycles. The number of aliphatic imine (C=N–C) groups is 1. The molecule has 3 nitrogen and oxygen atoms in total. The summed E-state index contributed by atoms with van der Waals surface area (Å²) in [6.07, 6.45) is 2.99. The van der Waals surface area contributed by atoms with E-state index in [0.29, 0.717) is 25.0 Å². The van der Waals surface area contributed by atoms with Crippen molar-refractivity contribution in [2.75, 3.05) is 6.54 Å². The quantitative estimate of drug-likeness (QED) is 0.886. The van der Waals surface area contributed by atoms with Crippen LogP contribution in [0.5, 0.6) is 0 Å². The zero-order valence-corrected chi connectivity index (χ0v) is 10.6. The van der Waals surface area contributed by atoms with Crippen LogP contribution >= 0.6 is 0 Å². The lowest BCUT2D eigenvalue weighted by Gasteiger charge is -2.36. The van der Waals surface area contributed by atoms with Gasteiger partial charge < -0.3 is 10.6 Å². The molecule has 0 radical (unpaired) electrons. The number of nitrogens with zero attached hydrogens (tertiary/aromatic N) is 2. The minimum absolute atomic E-state index is 0.139. The molecule has 1 saturated carbocycles. The Hall–Kier alpha value is -1.58. The molecule has 0 aromatic heterocycles. The van der Waals surface area contributed by atoms with Crippen LogP contribution in [-0.2, 0) is 6.42 Å². The Kier molecular flexibility index (Phi) is 2.54. The van der Waals surface area contributed by atoms with E-state index in [-0.39, 0.29) is 11.4 Å². The van der Waals surface area contributed by atoms with Crippen LogP contribution in [-0.4, -0.2) is 29.0 Å². The molecule has 1 atom stereocenters. The molecule has 1 aromatic rings. The fourth-order valence-corrected chi connectivity index (χ4v) is 2.83. The number of benzene rings is 1. The molecule has 1 aliphatic carbocycles. The van der Waals surface area contributed by atoms with E-state index in [1.165, 1.54) is 18.9 Å². The van der Waals surface area contributed by atoms with Crippen LogP contribution in [0.1, 0.15) is 25.3 Å². The summed E-state index contributed by atoms with van der Waals surface area (Å²) in [6.45, 7) is 2.78. The minimum atomic E-state index is -0.173. The van der Waals surface area contributed by atoms with Gasteiger partial charge in [-0.05, 0) is 31.4 Å². The lowest BCUT2D eigenvalue weighted by molar-refractivity contribution is 0.211. The molecule has 1 aliphatic heterocycles. The number of hydrogen-bond donors (Lipinski definition) is 1. The van der Waals surface area contributed by atoms with E-state index in [1.807, 2.05) is 12.1 Å². The highest BCUT2D eigenvalue weighted by molar-refractivity contribution is 5.81. The van der Waals surface area contributed by atoms with E-state index in [2.05, 4.69) is 16.8 Å². The van der Waals surface area contributed by atoms with Gasteiger partial charge in [0.25, 0.3) is 0 Å². The summed E-state index contributed by atoms with van der Waals surface area (Å²) >= 11 is 0. The van der Waals surface area contributed by atoms with E-state index in [0.717, 1.165) is 5.56 Å². The summed E-state index contributed by atoms with van der Waals surface area (Å²) in [6, 6.07) is 7.47. The van der Waals surface area contributed by atoms with E-state index < -0.39 is 0 Å². The molecule has 1 unspecified atom stereocenters. The van der Waals surface area contributed by atoms with Gasteiger partial charge in [0, 0.05) is 12.5 Å². The third-order valence-electron chi connectivity index (χ3n) is 3.85. The first kappa shape index (κ1) is 11.5. The highest BCUT2D eigenvalue weighted by Crippen LogP contribution is 2.37. The molecule has 3 rings (SSSR count). The predicted molar refractivity (Wildman–Crippen MR) is 69.9 cm³/mol. The van der Waals surface area contributed by atoms with Crippen molar-refractivity contribution >= 4 is 5.96 Å². The first-order valence-corrected chi connectivity index (χ1v) is 6.43. The minimum Gasteiger partial charge on any atom is -0.370 e. The molecule has 0 amide bonds. The largest absolute Gasteiger partial charge is 0.370 e. The predicted octanol–water partition coefficient (Wildman–Crippen LogP) is 1.92. The second kappa shape index (κ2) is 3.97. The molecular weight excluding hydrogens is 229 g/mol. The highest BCUT2D eigenvalue weighted by atomic mass is 19.1. The smallest absolute Gasteiger partial charge is 0.192 e. The van der Waals surface area contributed by atoms with E-state index in [1.54, 1.807) is 6.07 Å². The van der Waals surface area contributed by atoms with Crippen molar-refractivity contribution in [1.82, 2.24) is 4.90 Å². The highest BCUT2D eigenvalue weighted by Gasteiger charge is 2.45. The topological polar surface area (TPSA) is 41.6 Å². The van der Waals surface area contributed by atoms with E-state index in [9.17, 15) is 4.39 Å². The fourth-order valence-electron chi connectivity index (χ4n) is 2.83. The number of nitrogens with two attached hydrogens (primary N) is 1. The molecule has 1 fully saturated rings. The van der Waals surface area contributed by atoms with Gasteiger partial charge in [0.05, 0.1) is 12.1 Å². The maximum absolute atomic E-state index is 13.8. The van der Waals surface area contributed by atoms with Crippen molar-refractivity contribution < 1.29 is 4.39 Å². The SMILES string of the molecule is CC1(Cc2ccccc2F)CN=C(N)N1C1CC1. The molecule has 0 saturated heterocycles. The van der Waals surface area contributed by atoms with Gasteiger partial charge in [0.2, 0.25) is 0 Å². The van der Waals surface area contributed by atoms with Crippen molar-refractivity contribution in [2.45, 2.75) is 37.8 Å². The van der Waals surface area contributed by atoms with Crippen LogP contribution in [0, 0.1) is 5.82 Å². The van der Waals surface area contributed by atoms with Gasteiger partial charge in [-0.15, -0.1) is 0 Å². The lowest BCUT2D eigenvalue weighted by atomic mass is 9.91. The molecule has 0 bridgehead atoms. The second-order valence-electron chi connectivity index (χ2n) is 5.54. The molecule has 1 heterocycles. The summed E-state index contributed by atoms with van der Waals surface area (Å²) in [5.41, 5.74) is 6.54. The van der Waals surface area contributed by atoms with Gasteiger partial charge in [-0.1, -0.05) is 18.2 Å². The average Bonchev–Trinajstić information content (AvgIpc) is 3.10. The Morgan fingerprint density at radius 3 is 2.83 bits per heavy atom. The summed E-state index contributed by atoms with van der Waals surface area (Å²) < 4.78 is 13.8. The van der Waals surface area contributed by atoms with E-state index >= 15 is 0 Å². The summed E-state index contributed by atoms with van der Waals surface area (Å²) in [5, 5.41) is 0. The van der Waals surface area contributed by atoms with Crippen LogP contribution in [0.15, 0.2) is 29.3 Å². The first-order valence-electron chi connectivity index (χ1n) is 6.43. The fraction of sp³-hybridized carbons (Fsp3) is 0.500. The normalized spacial score (nSPS) is 27.4. The Balaban J connectivity index is 1.85. The van der Waals surface area contributed by atoms with Crippen LogP contribution in [0.25, 0.3) is 0 Å². The number of halogens is 1. The number of guanidine groups is 1. The van der Waals surface area contributed by atoms with Gasteiger partial charge in [0.1, 0.15) is 5.82 Å². The van der Waals surface area contributed by atoms with Crippen molar-refractivity contribution in [1.29, 1.82) is 0 Å². The van der Waals surface area contributed by atoms with Gasteiger partial charge in [0.15, 0.2) is 5.96 Å². The molecule has 96 valence electrons. The van der Waals surface area contributed by atoms with E-state index in [4.69, 9.17) is 5.73 Å².